The first-order valence-electron chi connectivity index (χ1n) is 8.58. The van der Waals surface area contributed by atoms with Crippen LogP contribution in [0.4, 0.5) is 0 Å². The largest absolute Gasteiger partial charge is 0.377 e. The molecule has 1 unspecified atom stereocenters. The van der Waals surface area contributed by atoms with Crippen LogP contribution < -0.4 is 10.6 Å². The van der Waals surface area contributed by atoms with E-state index in [2.05, 4.69) is 65.8 Å². The van der Waals surface area contributed by atoms with Crippen LogP contribution in [0.2, 0.25) is 0 Å². The average molecular weight is 335 g/mol. The maximum atomic E-state index is 5.43. The zero-order valence-corrected chi connectivity index (χ0v) is 16.3. The molecular weight excluding hydrogens is 300 g/mol. The first kappa shape index (κ1) is 20.5. The molecule has 0 aliphatic carbocycles. The Morgan fingerprint density at radius 3 is 2.29 bits per heavy atom. The average Bonchev–Trinajstić information content (AvgIpc) is 2.58. The van der Waals surface area contributed by atoms with Gasteiger partial charge < -0.3 is 20.3 Å². The van der Waals surface area contributed by atoms with Crippen LogP contribution >= 0.6 is 0 Å². The van der Waals surface area contributed by atoms with Crippen LogP contribution in [0.1, 0.15) is 37.9 Å². The molecule has 5 heteroatoms. The lowest BCUT2D eigenvalue weighted by Gasteiger charge is -2.28. The lowest BCUT2D eigenvalue weighted by molar-refractivity contribution is 0.0268. The topological polar surface area (TPSA) is 48.9 Å². The van der Waals surface area contributed by atoms with Crippen molar-refractivity contribution in [2.24, 2.45) is 4.99 Å². The van der Waals surface area contributed by atoms with Crippen molar-refractivity contribution in [1.29, 1.82) is 0 Å². The molecule has 2 N–H and O–H groups in total. The number of likely N-dealkylation sites (N-methyl/N-ethyl adjacent to an activating group) is 1. The van der Waals surface area contributed by atoms with Gasteiger partial charge >= 0.3 is 0 Å². The predicted molar refractivity (Wildman–Crippen MR) is 103 cm³/mol. The van der Waals surface area contributed by atoms with Crippen LogP contribution in [0.5, 0.6) is 0 Å². The van der Waals surface area contributed by atoms with Crippen LogP contribution in [0.3, 0.4) is 0 Å². The molecule has 0 saturated carbocycles. The number of aryl methyl sites for hydroxylation is 1. The molecule has 0 saturated heterocycles. The van der Waals surface area contributed by atoms with Crippen LogP contribution in [0, 0.1) is 0 Å². The van der Waals surface area contributed by atoms with Gasteiger partial charge in [0.15, 0.2) is 5.96 Å². The van der Waals surface area contributed by atoms with Gasteiger partial charge in [-0.1, -0.05) is 31.2 Å². The van der Waals surface area contributed by atoms with E-state index in [1.165, 1.54) is 11.1 Å². The summed E-state index contributed by atoms with van der Waals surface area (Å²) in [6.45, 7) is 7.75. The molecule has 0 aliphatic rings. The summed E-state index contributed by atoms with van der Waals surface area (Å²) in [7, 11) is 7.71. The van der Waals surface area contributed by atoms with Gasteiger partial charge in [-0.25, -0.2) is 0 Å². The van der Waals surface area contributed by atoms with E-state index in [1.807, 2.05) is 13.8 Å². The molecule has 0 fully saturated rings. The maximum absolute atomic E-state index is 5.43. The predicted octanol–water partition coefficient (Wildman–Crippen LogP) is 2.44. The number of hydrogen-bond donors (Lipinski definition) is 2. The van der Waals surface area contributed by atoms with E-state index in [4.69, 9.17) is 4.74 Å². The quantitative estimate of drug-likeness (QED) is 0.566. The summed E-state index contributed by atoms with van der Waals surface area (Å²) in [5.41, 5.74) is 2.44. The molecule has 0 radical (unpaired) electrons. The fourth-order valence-corrected chi connectivity index (χ4v) is 2.36. The summed E-state index contributed by atoms with van der Waals surface area (Å²) < 4.78 is 5.43. The molecule has 0 aromatic heterocycles. The van der Waals surface area contributed by atoms with Crippen molar-refractivity contribution < 1.29 is 4.74 Å². The fraction of sp³-hybridized carbons (Fsp3) is 0.632. The van der Waals surface area contributed by atoms with Crippen LogP contribution in [0.15, 0.2) is 29.3 Å². The molecule has 0 amide bonds. The van der Waals surface area contributed by atoms with Gasteiger partial charge in [0.05, 0.1) is 11.6 Å². The molecule has 0 aliphatic heterocycles. The summed E-state index contributed by atoms with van der Waals surface area (Å²) in [4.78, 5) is 6.52. The molecule has 0 heterocycles. The van der Waals surface area contributed by atoms with Gasteiger partial charge in [-0.2, -0.15) is 0 Å². The van der Waals surface area contributed by atoms with Gasteiger partial charge in [-0.3, -0.25) is 4.99 Å². The minimum Gasteiger partial charge on any atom is -0.377 e. The summed E-state index contributed by atoms with van der Waals surface area (Å²) in [6, 6.07) is 9.13. The molecule has 5 nitrogen and oxygen atoms in total. The van der Waals surface area contributed by atoms with Crippen molar-refractivity contribution in [1.82, 2.24) is 15.5 Å². The lowest BCUT2D eigenvalue weighted by atomic mass is 10.0. The standard InChI is InChI=1S/C19H34N4O/c1-8-15-9-11-16(12-10-15)17(23(5)6)13-21-18(20-4)22-14-19(2,3)24-7/h9-12,17H,8,13-14H2,1-7H3,(H2,20,21,22). The number of hydrogen-bond acceptors (Lipinski definition) is 3. The van der Waals surface area contributed by atoms with E-state index in [-0.39, 0.29) is 11.6 Å². The first-order valence-corrected chi connectivity index (χ1v) is 8.58. The molecule has 136 valence electrons. The Morgan fingerprint density at radius 1 is 1.21 bits per heavy atom. The monoisotopic (exact) mass is 334 g/mol. The third-order valence-corrected chi connectivity index (χ3v) is 4.32. The van der Waals surface area contributed by atoms with Crippen molar-refractivity contribution in [2.75, 3.05) is 41.3 Å². The van der Waals surface area contributed by atoms with Gasteiger partial charge in [0.2, 0.25) is 0 Å². The Hall–Kier alpha value is -1.59. The smallest absolute Gasteiger partial charge is 0.191 e. The molecule has 24 heavy (non-hydrogen) atoms. The maximum Gasteiger partial charge on any atom is 0.191 e. The second kappa shape index (κ2) is 9.64. The number of rotatable bonds is 8. The SMILES string of the molecule is CCc1ccc(C(CNC(=NC)NCC(C)(C)OC)N(C)C)cc1. The van der Waals surface area contributed by atoms with E-state index in [0.717, 1.165) is 18.9 Å². The highest BCUT2D eigenvalue weighted by Gasteiger charge is 2.18. The molecule has 0 bridgehead atoms. The number of methoxy groups -OCH3 is 1. The highest BCUT2D eigenvalue weighted by atomic mass is 16.5. The van der Waals surface area contributed by atoms with E-state index in [1.54, 1.807) is 14.2 Å². The van der Waals surface area contributed by atoms with E-state index >= 15 is 0 Å². The Balaban J connectivity index is 2.67. The normalized spacial score (nSPS) is 13.9. The Kier molecular flexibility index (Phi) is 8.22. The van der Waals surface area contributed by atoms with Crippen molar-refractivity contribution in [3.63, 3.8) is 0 Å². The van der Waals surface area contributed by atoms with Crippen molar-refractivity contribution in [2.45, 2.75) is 38.8 Å². The summed E-state index contributed by atoms with van der Waals surface area (Å²) >= 11 is 0. The van der Waals surface area contributed by atoms with Crippen LogP contribution in [-0.2, 0) is 11.2 Å². The number of aliphatic imine (C=N–C) groups is 1. The third kappa shape index (κ3) is 6.49. The van der Waals surface area contributed by atoms with Crippen molar-refractivity contribution in [3.05, 3.63) is 35.4 Å². The second-order valence-corrected chi connectivity index (χ2v) is 6.85. The summed E-state index contributed by atoms with van der Waals surface area (Å²) in [5.74, 6) is 0.789. The summed E-state index contributed by atoms with van der Waals surface area (Å²) in [6.07, 6.45) is 1.07. The van der Waals surface area contributed by atoms with E-state index in [0.29, 0.717) is 6.54 Å². The number of nitrogens with zero attached hydrogens (tertiary/aromatic N) is 2. The van der Waals surface area contributed by atoms with Crippen LogP contribution in [0.25, 0.3) is 0 Å². The van der Waals surface area contributed by atoms with Crippen molar-refractivity contribution in [3.8, 4) is 0 Å². The molecule has 0 spiro atoms. The molecule has 1 aromatic carbocycles. The molecule has 1 rings (SSSR count). The highest BCUT2D eigenvalue weighted by molar-refractivity contribution is 5.79. The van der Waals surface area contributed by atoms with Gasteiger partial charge in [-0.05, 0) is 45.5 Å². The van der Waals surface area contributed by atoms with Crippen molar-refractivity contribution >= 4 is 5.96 Å². The number of ether oxygens (including phenoxy) is 1. The second-order valence-electron chi connectivity index (χ2n) is 6.85. The number of benzene rings is 1. The zero-order valence-electron chi connectivity index (χ0n) is 16.3. The van der Waals surface area contributed by atoms with E-state index < -0.39 is 0 Å². The van der Waals surface area contributed by atoms with Gasteiger partial charge in [0.25, 0.3) is 0 Å². The number of nitrogens with one attached hydrogen (secondary N) is 2. The van der Waals surface area contributed by atoms with Gasteiger partial charge in [0, 0.05) is 27.2 Å². The van der Waals surface area contributed by atoms with Crippen LogP contribution in [-0.4, -0.2) is 57.8 Å². The Morgan fingerprint density at radius 2 is 1.83 bits per heavy atom. The molecule has 1 atom stereocenters. The first-order chi connectivity index (χ1) is 11.3. The van der Waals surface area contributed by atoms with Gasteiger partial charge in [0.1, 0.15) is 0 Å². The zero-order chi connectivity index (χ0) is 18.2. The highest BCUT2D eigenvalue weighted by Crippen LogP contribution is 2.18. The van der Waals surface area contributed by atoms with Gasteiger partial charge in [-0.15, -0.1) is 0 Å². The molecular formula is C19H34N4O. The summed E-state index contributed by atoms with van der Waals surface area (Å²) in [5, 5.41) is 6.74. The minimum atomic E-state index is -0.228. The Labute approximate surface area is 147 Å². The minimum absolute atomic E-state index is 0.228. The number of guanidine groups is 1. The molecule has 1 aromatic rings. The van der Waals surface area contributed by atoms with E-state index in [9.17, 15) is 0 Å². The third-order valence-electron chi connectivity index (χ3n) is 4.32. The fourth-order valence-electron chi connectivity index (χ4n) is 2.36. The lowest BCUT2D eigenvalue weighted by Crippen LogP contribution is -2.47. The Bertz CT molecular complexity index is 509.